The van der Waals surface area contributed by atoms with Crippen LogP contribution >= 0.6 is 0 Å². The van der Waals surface area contributed by atoms with Crippen LogP contribution in [-0.4, -0.2) is 5.11 Å². The second kappa shape index (κ2) is 4.23. The molecule has 0 aliphatic carbocycles. The highest BCUT2D eigenvalue weighted by molar-refractivity contribution is 5.52. The number of aromatic hydroxyl groups is 1. The molecule has 2 nitrogen and oxygen atoms in total. The number of hydrogen-bond donors (Lipinski definition) is 2. The Morgan fingerprint density at radius 3 is 2.50 bits per heavy atom. The third-order valence-electron chi connectivity index (χ3n) is 2.47. The van der Waals surface area contributed by atoms with E-state index in [2.05, 4.69) is 0 Å². The zero-order valence-corrected chi connectivity index (χ0v) is 8.65. The lowest BCUT2D eigenvalue weighted by atomic mass is 10.0. The number of nitrogen functional groups attached to an aromatic ring is 1. The van der Waals surface area contributed by atoms with Crippen molar-refractivity contribution >= 4 is 5.69 Å². The standard InChI is InChI=1S/C13H12FNO/c14-12-4-2-1-3-9(12)7-10-5-6-11(16)8-13(10)15/h1-6,8,16H,7,15H2. The van der Waals surface area contributed by atoms with E-state index in [9.17, 15) is 9.50 Å². The molecule has 2 aromatic rings. The molecule has 0 atom stereocenters. The molecule has 0 aliphatic rings. The topological polar surface area (TPSA) is 46.2 Å². The van der Waals surface area contributed by atoms with Crippen molar-refractivity contribution in [3.8, 4) is 5.75 Å². The molecule has 0 aliphatic heterocycles. The first-order chi connectivity index (χ1) is 7.66. The Morgan fingerprint density at radius 2 is 1.81 bits per heavy atom. The highest BCUT2D eigenvalue weighted by Gasteiger charge is 2.05. The first kappa shape index (κ1) is 10.5. The van der Waals surface area contributed by atoms with Gasteiger partial charge in [-0.15, -0.1) is 0 Å². The van der Waals surface area contributed by atoms with E-state index >= 15 is 0 Å². The van der Waals surface area contributed by atoms with E-state index in [1.807, 2.05) is 0 Å². The van der Waals surface area contributed by atoms with E-state index in [1.165, 1.54) is 12.1 Å². The van der Waals surface area contributed by atoms with Crippen LogP contribution in [0.2, 0.25) is 0 Å². The third-order valence-corrected chi connectivity index (χ3v) is 2.47. The maximum Gasteiger partial charge on any atom is 0.126 e. The van der Waals surface area contributed by atoms with Gasteiger partial charge in [0.1, 0.15) is 11.6 Å². The van der Waals surface area contributed by atoms with Gasteiger partial charge in [-0.05, 0) is 23.3 Å². The van der Waals surface area contributed by atoms with Crippen LogP contribution in [0.5, 0.6) is 5.75 Å². The lowest BCUT2D eigenvalue weighted by Gasteiger charge is -2.07. The van der Waals surface area contributed by atoms with Gasteiger partial charge >= 0.3 is 0 Å². The molecule has 2 aromatic carbocycles. The van der Waals surface area contributed by atoms with E-state index in [0.717, 1.165) is 5.56 Å². The van der Waals surface area contributed by atoms with Crippen molar-refractivity contribution in [2.45, 2.75) is 6.42 Å². The van der Waals surface area contributed by atoms with Gasteiger partial charge in [0.05, 0.1) is 0 Å². The van der Waals surface area contributed by atoms with Crippen LogP contribution in [0.1, 0.15) is 11.1 Å². The highest BCUT2D eigenvalue weighted by atomic mass is 19.1. The number of halogens is 1. The second-order valence-corrected chi connectivity index (χ2v) is 3.65. The van der Waals surface area contributed by atoms with Crippen molar-refractivity contribution in [3.63, 3.8) is 0 Å². The molecule has 0 saturated heterocycles. The molecule has 0 saturated carbocycles. The van der Waals surface area contributed by atoms with Gasteiger partial charge in [0.2, 0.25) is 0 Å². The normalized spacial score (nSPS) is 10.3. The van der Waals surface area contributed by atoms with Crippen LogP contribution in [0.25, 0.3) is 0 Å². The summed E-state index contributed by atoms with van der Waals surface area (Å²) in [5, 5.41) is 9.20. The number of benzene rings is 2. The van der Waals surface area contributed by atoms with Crippen LogP contribution in [0.15, 0.2) is 42.5 Å². The summed E-state index contributed by atoms with van der Waals surface area (Å²) >= 11 is 0. The summed E-state index contributed by atoms with van der Waals surface area (Å²) in [7, 11) is 0. The smallest absolute Gasteiger partial charge is 0.126 e. The highest BCUT2D eigenvalue weighted by Crippen LogP contribution is 2.22. The Bertz CT molecular complexity index is 511. The monoisotopic (exact) mass is 217 g/mol. The van der Waals surface area contributed by atoms with Gasteiger partial charge in [-0.25, -0.2) is 4.39 Å². The van der Waals surface area contributed by atoms with Gasteiger partial charge in [0, 0.05) is 18.2 Å². The van der Waals surface area contributed by atoms with Crippen LogP contribution in [0.4, 0.5) is 10.1 Å². The van der Waals surface area contributed by atoms with Crippen molar-refractivity contribution in [2.75, 3.05) is 5.73 Å². The molecule has 16 heavy (non-hydrogen) atoms. The second-order valence-electron chi connectivity index (χ2n) is 3.65. The van der Waals surface area contributed by atoms with Gasteiger partial charge in [-0.2, -0.15) is 0 Å². The van der Waals surface area contributed by atoms with E-state index in [-0.39, 0.29) is 11.6 Å². The molecule has 3 N–H and O–H groups in total. The number of phenols is 1. The summed E-state index contributed by atoms with van der Waals surface area (Å²) in [5.41, 5.74) is 7.62. The Balaban J connectivity index is 2.31. The molecular formula is C13H12FNO. The molecule has 0 heterocycles. The van der Waals surface area contributed by atoms with Gasteiger partial charge < -0.3 is 10.8 Å². The summed E-state index contributed by atoms with van der Waals surface area (Å²) < 4.78 is 13.4. The number of phenolic OH excluding ortho intramolecular Hbond substituents is 1. The van der Waals surface area contributed by atoms with Crippen molar-refractivity contribution in [3.05, 3.63) is 59.4 Å². The predicted molar refractivity (Wildman–Crippen MR) is 61.7 cm³/mol. The van der Waals surface area contributed by atoms with Gasteiger partial charge in [-0.1, -0.05) is 24.3 Å². The van der Waals surface area contributed by atoms with Gasteiger partial charge in [0.25, 0.3) is 0 Å². The zero-order valence-electron chi connectivity index (χ0n) is 8.65. The largest absolute Gasteiger partial charge is 0.508 e. The van der Waals surface area contributed by atoms with Crippen molar-refractivity contribution in [1.82, 2.24) is 0 Å². The fourth-order valence-electron chi connectivity index (χ4n) is 1.59. The summed E-state index contributed by atoms with van der Waals surface area (Å²) in [6.07, 6.45) is 0.429. The molecule has 0 fully saturated rings. The predicted octanol–water partition coefficient (Wildman–Crippen LogP) is 2.70. The average Bonchev–Trinajstić information content (AvgIpc) is 2.25. The summed E-state index contributed by atoms with van der Waals surface area (Å²) in [6, 6.07) is 11.3. The number of anilines is 1. The number of rotatable bonds is 2. The molecule has 3 heteroatoms. The van der Waals surface area contributed by atoms with Gasteiger partial charge in [-0.3, -0.25) is 0 Å². The minimum atomic E-state index is -0.241. The van der Waals surface area contributed by atoms with Crippen LogP contribution in [-0.2, 0) is 6.42 Å². The molecule has 82 valence electrons. The SMILES string of the molecule is Nc1cc(O)ccc1Cc1ccccc1F. The van der Waals surface area contributed by atoms with Crippen LogP contribution in [0, 0.1) is 5.82 Å². The first-order valence-corrected chi connectivity index (χ1v) is 4.97. The Morgan fingerprint density at radius 1 is 1.06 bits per heavy atom. The van der Waals surface area contributed by atoms with Crippen LogP contribution < -0.4 is 5.73 Å². The lowest BCUT2D eigenvalue weighted by Crippen LogP contribution is -1.97. The Kier molecular flexibility index (Phi) is 2.77. The minimum absolute atomic E-state index is 0.120. The van der Waals surface area contributed by atoms with Crippen molar-refractivity contribution in [1.29, 1.82) is 0 Å². The maximum absolute atomic E-state index is 13.4. The molecule has 0 unspecified atom stereocenters. The summed E-state index contributed by atoms with van der Waals surface area (Å²) in [6.45, 7) is 0. The van der Waals surface area contributed by atoms with Gasteiger partial charge in [0.15, 0.2) is 0 Å². The van der Waals surface area contributed by atoms with Crippen LogP contribution in [0.3, 0.4) is 0 Å². The quantitative estimate of drug-likeness (QED) is 0.760. The fraction of sp³-hybridized carbons (Fsp3) is 0.0769. The summed E-state index contributed by atoms with van der Waals surface area (Å²) in [5.74, 6) is -0.121. The summed E-state index contributed by atoms with van der Waals surface area (Å²) in [4.78, 5) is 0. The molecule has 0 bridgehead atoms. The van der Waals surface area contributed by atoms with E-state index in [1.54, 1.807) is 30.3 Å². The molecule has 0 spiro atoms. The average molecular weight is 217 g/mol. The molecule has 2 rings (SSSR count). The molecule has 0 amide bonds. The van der Waals surface area contributed by atoms with E-state index in [0.29, 0.717) is 17.7 Å². The van der Waals surface area contributed by atoms with E-state index in [4.69, 9.17) is 5.73 Å². The number of nitrogens with two attached hydrogens (primary N) is 1. The molecule has 0 aromatic heterocycles. The maximum atomic E-state index is 13.4. The first-order valence-electron chi connectivity index (χ1n) is 4.97. The Hall–Kier alpha value is -2.03. The fourth-order valence-corrected chi connectivity index (χ4v) is 1.59. The zero-order chi connectivity index (χ0) is 11.5. The van der Waals surface area contributed by atoms with Crippen molar-refractivity contribution in [2.24, 2.45) is 0 Å². The lowest BCUT2D eigenvalue weighted by molar-refractivity contribution is 0.475. The third kappa shape index (κ3) is 2.14. The molecular weight excluding hydrogens is 205 g/mol. The molecule has 0 radical (unpaired) electrons. The van der Waals surface area contributed by atoms with E-state index < -0.39 is 0 Å². The number of hydrogen-bond acceptors (Lipinski definition) is 2. The minimum Gasteiger partial charge on any atom is -0.508 e. The van der Waals surface area contributed by atoms with Crippen molar-refractivity contribution < 1.29 is 9.50 Å². The Labute approximate surface area is 93.2 Å².